The van der Waals surface area contributed by atoms with Crippen LogP contribution in [0.3, 0.4) is 0 Å². The highest BCUT2D eigenvalue weighted by Gasteiger charge is 2.28. The van der Waals surface area contributed by atoms with E-state index in [9.17, 15) is 18.0 Å². The van der Waals surface area contributed by atoms with Crippen molar-refractivity contribution in [3.05, 3.63) is 29.8 Å². The van der Waals surface area contributed by atoms with Crippen molar-refractivity contribution < 1.29 is 22.7 Å². The molecule has 1 N–H and O–H groups in total. The van der Waals surface area contributed by atoms with Crippen molar-refractivity contribution in [3.63, 3.8) is 0 Å². The van der Waals surface area contributed by atoms with E-state index in [1.54, 1.807) is 13.8 Å². The lowest BCUT2D eigenvalue weighted by Crippen LogP contribution is -2.45. The van der Waals surface area contributed by atoms with Gasteiger partial charge in [-0.05, 0) is 36.5 Å². The van der Waals surface area contributed by atoms with Crippen molar-refractivity contribution in [2.24, 2.45) is 11.8 Å². The lowest BCUT2D eigenvalue weighted by molar-refractivity contribution is -0.125. The summed E-state index contributed by atoms with van der Waals surface area (Å²) < 4.78 is 31.7. The molecule has 1 aromatic rings. The number of esters is 1. The van der Waals surface area contributed by atoms with Crippen LogP contribution in [0.2, 0.25) is 0 Å². The molecule has 0 aromatic heterocycles. The maximum Gasteiger partial charge on any atom is 0.338 e. The summed E-state index contributed by atoms with van der Waals surface area (Å²) in [5.74, 6) is -0.129. The average molecular weight is 425 g/mol. The summed E-state index contributed by atoms with van der Waals surface area (Å²) in [6.45, 7) is 8.11. The quantitative estimate of drug-likeness (QED) is 0.648. The van der Waals surface area contributed by atoms with Crippen LogP contribution in [-0.2, 0) is 19.6 Å². The first-order valence-corrected chi connectivity index (χ1v) is 11.7. The Morgan fingerprint density at radius 2 is 1.86 bits per heavy atom. The van der Waals surface area contributed by atoms with Crippen molar-refractivity contribution in [2.75, 3.05) is 19.7 Å². The Morgan fingerprint density at radius 1 is 1.17 bits per heavy atom. The third-order valence-electron chi connectivity index (χ3n) is 5.80. The minimum atomic E-state index is -3.67. The summed E-state index contributed by atoms with van der Waals surface area (Å²) in [6, 6.07) is 5.80. The lowest BCUT2D eigenvalue weighted by atomic mass is 9.78. The number of hydrogen-bond acceptors (Lipinski definition) is 5. The maximum absolute atomic E-state index is 12.6. The van der Waals surface area contributed by atoms with Gasteiger partial charge in [-0.25, -0.2) is 13.2 Å². The first-order chi connectivity index (χ1) is 13.7. The molecule has 0 saturated heterocycles. The van der Waals surface area contributed by atoms with Crippen molar-refractivity contribution in [3.8, 4) is 0 Å². The summed E-state index contributed by atoms with van der Waals surface area (Å²) >= 11 is 0. The third kappa shape index (κ3) is 5.79. The largest absolute Gasteiger partial charge is 0.452 e. The van der Waals surface area contributed by atoms with Crippen molar-refractivity contribution in [1.29, 1.82) is 0 Å². The number of amides is 1. The minimum absolute atomic E-state index is 0.0325. The molecular formula is C21H32N2O5S. The van der Waals surface area contributed by atoms with Gasteiger partial charge in [-0.1, -0.05) is 46.6 Å². The van der Waals surface area contributed by atoms with E-state index in [0.29, 0.717) is 24.9 Å². The molecule has 1 aliphatic carbocycles. The van der Waals surface area contributed by atoms with E-state index in [2.05, 4.69) is 19.2 Å². The number of nitrogens with zero attached hydrogens (tertiary/aromatic N) is 1. The number of carbonyl (C=O) groups is 2. The molecule has 1 aliphatic rings. The van der Waals surface area contributed by atoms with E-state index in [1.807, 2.05) is 0 Å². The Hall–Kier alpha value is -1.93. The van der Waals surface area contributed by atoms with E-state index in [0.717, 1.165) is 19.3 Å². The highest BCUT2D eigenvalue weighted by Crippen LogP contribution is 2.29. The molecular weight excluding hydrogens is 392 g/mol. The van der Waals surface area contributed by atoms with E-state index in [-0.39, 0.29) is 29.0 Å². The van der Waals surface area contributed by atoms with Crippen LogP contribution in [-0.4, -0.2) is 50.3 Å². The van der Waals surface area contributed by atoms with Crippen LogP contribution < -0.4 is 5.32 Å². The number of rotatable bonds is 8. The number of ether oxygens (including phenoxy) is 1. The molecule has 1 amide bonds. The van der Waals surface area contributed by atoms with E-state index in [1.165, 1.54) is 28.6 Å². The van der Waals surface area contributed by atoms with Crippen molar-refractivity contribution >= 4 is 21.9 Å². The Bertz CT molecular complexity index is 820. The SMILES string of the molecule is CCN(CC)S(=O)(=O)c1cccc(C(=O)OCC(=O)N[C@@H]2CCC[C@@H](C)[C@@H]2C)c1. The number of sulfonamides is 1. The predicted octanol–water partition coefficient (Wildman–Crippen LogP) is 2.81. The molecule has 3 atom stereocenters. The van der Waals surface area contributed by atoms with Crippen LogP contribution in [0.5, 0.6) is 0 Å². The van der Waals surface area contributed by atoms with Gasteiger partial charge in [-0.15, -0.1) is 0 Å². The molecule has 29 heavy (non-hydrogen) atoms. The van der Waals surface area contributed by atoms with Gasteiger partial charge in [0.2, 0.25) is 10.0 Å². The zero-order valence-electron chi connectivity index (χ0n) is 17.7. The van der Waals surface area contributed by atoms with Crippen molar-refractivity contribution in [2.45, 2.75) is 57.9 Å². The van der Waals surface area contributed by atoms with Crippen LogP contribution >= 0.6 is 0 Å². The molecule has 0 heterocycles. The first-order valence-electron chi connectivity index (χ1n) is 10.3. The van der Waals surface area contributed by atoms with Crippen LogP contribution in [0.4, 0.5) is 0 Å². The van der Waals surface area contributed by atoms with Crippen LogP contribution in [0.15, 0.2) is 29.2 Å². The molecule has 2 rings (SSSR count). The fourth-order valence-corrected chi connectivity index (χ4v) is 5.25. The fourth-order valence-electron chi connectivity index (χ4n) is 3.74. The zero-order valence-corrected chi connectivity index (χ0v) is 18.5. The van der Waals surface area contributed by atoms with Gasteiger partial charge in [-0.3, -0.25) is 4.79 Å². The molecule has 162 valence electrons. The van der Waals surface area contributed by atoms with Crippen molar-refractivity contribution in [1.82, 2.24) is 9.62 Å². The minimum Gasteiger partial charge on any atom is -0.452 e. The van der Waals surface area contributed by atoms with E-state index in [4.69, 9.17) is 4.74 Å². The highest BCUT2D eigenvalue weighted by atomic mass is 32.2. The van der Waals surface area contributed by atoms with Gasteiger partial charge in [0.05, 0.1) is 10.5 Å². The predicted molar refractivity (Wildman–Crippen MR) is 111 cm³/mol. The second kappa shape index (κ2) is 10.2. The molecule has 7 nitrogen and oxygen atoms in total. The monoisotopic (exact) mass is 424 g/mol. The third-order valence-corrected chi connectivity index (χ3v) is 7.85. The summed E-state index contributed by atoms with van der Waals surface area (Å²) in [6.07, 6.45) is 3.16. The van der Waals surface area contributed by atoms with Crippen LogP contribution in [0.25, 0.3) is 0 Å². The van der Waals surface area contributed by atoms with Gasteiger partial charge in [0.1, 0.15) is 0 Å². The second-order valence-electron chi connectivity index (χ2n) is 7.63. The van der Waals surface area contributed by atoms with Gasteiger partial charge < -0.3 is 10.1 Å². The molecule has 0 spiro atoms. The van der Waals surface area contributed by atoms with Gasteiger partial charge >= 0.3 is 5.97 Å². The normalized spacial score (nSPS) is 22.3. The Morgan fingerprint density at radius 3 is 2.52 bits per heavy atom. The summed E-state index contributed by atoms with van der Waals surface area (Å²) in [5, 5.41) is 2.95. The highest BCUT2D eigenvalue weighted by molar-refractivity contribution is 7.89. The number of hydrogen-bond donors (Lipinski definition) is 1. The molecule has 0 aliphatic heterocycles. The van der Waals surface area contributed by atoms with E-state index >= 15 is 0 Å². The van der Waals surface area contributed by atoms with Crippen LogP contribution in [0, 0.1) is 11.8 Å². The molecule has 1 fully saturated rings. The number of nitrogens with one attached hydrogen (secondary N) is 1. The summed E-state index contributed by atoms with van der Waals surface area (Å²) in [4.78, 5) is 24.6. The van der Waals surface area contributed by atoms with Gasteiger partial charge in [0, 0.05) is 19.1 Å². The topological polar surface area (TPSA) is 92.8 Å². The van der Waals surface area contributed by atoms with E-state index < -0.39 is 16.0 Å². The van der Waals surface area contributed by atoms with Crippen LogP contribution in [0.1, 0.15) is 57.3 Å². The smallest absolute Gasteiger partial charge is 0.338 e. The Balaban J connectivity index is 1.98. The Kier molecular flexibility index (Phi) is 8.22. The molecule has 0 unspecified atom stereocenters. The first kappa shape index (κ1) is 23.3. The summed E-state index contributed by atoms with van der Waals surface area (Å²) in [5.41, 5.74) is 0.102. The lowest BCUT2D eigenvalue weighted by Gasteiger charge is -2.34. The molecule has 1 saturated carbocycles. The average Bonchev–Trinajstić information content (AvgIpc) is 2.70. The van der Waals surface area contributed by atoms with Gasteiger partial charge in [-0.2, -0.15) is 4.31 Å². The second-order valence-corrected chi connectivity index (χ2v) is 9.57. The maximum atomic E-state index is 12.6. The van der Waals surface area contributed by atoms with Gasteiger partial charge in [0.25, 0.3) is 5.91 Å². The molecule has 8 heteroatoms. The Labute approximate surface area is 173 Å². The number of carbonyl (C=O) groups excluding carboxylic acids is 2. The fraction of sp³-hybridized carbons (Fsp3) is 0.619. The molecule has 0 bridgehead atoms. The zero-order chi connectivity index (χ0) is 21.6. The standard InChI is InChI=1S/C21H32N2O5S/c1-5-23(6-2)29(26,27)18-11-8-10-17(13-18)21(25)28-14-20(24)22-19-12-7-9-15(3)16(19)4/h8,10-11,13,15-16,19H,5-7,9,12,14H2,1-4H3,(H,22,24)/t15-,16+,19-/m1/s1. The molecule has 1 aromatic carbocycles. The summed E-state index contributed by atoms with van der Waals surface area (Å²) in [7, 11) is -3.67. The molecule has 0 radical (unpaired) electrons. The number of benzene rings is 1. The van der Waals surface area contributed by atoms with Gasteiger partial charge in [0.15, 0.2) is 6.61 Å².